The molecule has 1 unspecified atom stereocenters. The van der Waals surface area contributed by atoms with Crippen molar-refractivity contribution < 1.29 is 19.1 Å². The fourth-order valence-electron chi connectivity index (χ4n) is 4.57. The number of aldehydes is 1. The molecule has 3 aromatic carbocycles. The van der Waals surface area contributed by atoms with Gasteiger partial charge in [0.15, 0.2) is 0 Å². The van der Waals surface area contributed by atoms with E-state index in [9.17, 15) is 14.4 Å². The fourth-order valence-corrected chi connectivity index (χ4v) is 7.10. The van der Waals surface area contributed by atoms with Crippen molar-refractivity contribution >= 4 is 44.1 Å². The summed E-state index contributed by atoms with van der Waals surface area (Å²) < 4.78 is 8.34. The zero-order valence-electron chi connectivity index (χ0n) is 22.5. The summed E-state index contributed by atoms with van der Waals surface area (Å²) in [5.41, 5.74) is 5.06. The van der Waals surface area contributed by atoms with Crippen LogP contribution in [0.5, 0.6) is 0 Å². The zero-order valence-corrected chi connectivity index (χ0v) is 24.6. The Hall–Kier alpha value is -3.24. The van der Waals surface area contributed by atoms with Gasteiger partial charge in [0.05, 0.1) is 0 Å². The second-order valence-corrected chi connectivity index (χ2v) is 15.2. The van der Waals surface area contributed by atoms with Crippen molar-refractivity contribution in [3.63, 3.8) is 0 Å². The maximum absolute atomic E-state index is 13.0. The Morgan fingerprint density at radius 1 is 1.03 bits per heavy atom. The number of halogens is 1. The summed E-state index contributed by atoms with van der Waals surface area (Å²) in [6, 6.07) is 23.0. The molecule has 4 rings (SSSR count). The number of nitrogens with one attached hydrogen (secondary N) is 2. The van der Waals surface area contributed by atoms with Crippen molar-refractivity contribution in [1.29, 1.82) is 0 Å². The molecule has 1 aliphatic heterocycles. The third kappa shape index (κ3) is 8.63. The fraction of sp³-hybridized carbons (Fsp3) is 0.323. The van der Waals surface area contributed by atoms with Crippen LogP contribution in [0.15, 0.2) is 72.8 Å². The Morgan fingerprint density at radius 2 is 1.77 bits per heavy atom. The average Bonchev–Trinajstić information content (AvgIpc) is 2.96. The number of aryl methyl sites for hydroxylation is 1. The van der Waals surface area contributed by atoms with Crippen LogP contribution in [0.3, 0.4) is 0 Å². The number of hydrogen-bond donors (Lipinski definition) is 2. The third-order valence-electron chi connectivity index (χ3n) is 6.73. The SMILES string of the molecule is CI(C)N1CCCC(OC(=O)Nc2cc(CCC(=O)NCc3ccc(C=O)cc3)ccc2-c2ccccc2)C1. The van der Waals surface area contributed by atoms with E-state index in [1.54, 1.807) is 12.1 Å². The molecule has 0 bridgehead atoms. The van der Waals surface area contributed by atoms with Gasteiger partial charge < -0.3 is 5.32 Å². The number of alkyl halides is 2. The molecule has 0 radical (unpaired) electrons. The van der Waals surface area contributed by atoms with E-state index in [0.717, 1.165) is 54.5 Å². The van der Waals surface area contributed by atoms with E-state index >= 15 is 0 Å². The number of carbonyl (C=O) groups is 3. The molecular formula is C31H36IN3O4. The second kappa shape index (κ2) is 14.2. The summed E-state index contributed by atoms with van der Waals surface area (Å²) in [5, 5.41) is 5.92. The van der Waals surface area contributed by atoms with Crippen molar-refractivity contribution in [1.82, 2.24) is 8.43 Å². The van der Waals surface area contributed by atoms with Gasteiger partial charge in [0.1, 0.15) is 6.29 Å². The molecule has 0 saturated carbocycles. The quantitative estimate of drug-likeness (QED) is 0.121. The molecule has 1 atom stereocenters. The standard InChI is InChI=1S/C31H36IN3O4/c1-32(2)35-18-6-9-27(21-35)39-31(38)34-29-19-23(14-16-28(29)26-7-4-3-5-8-26)15-17-30(37)33-20-24-10-12-25(22-36)13-11-24/h3-5,7-8,10-14,16,19,22,27H,6,9,15,17-18,20-21H2,1-2H3,(H,33,37)(H,34,38). The van der Waals surface area contributed by atoms with E-state index in [2.05, 4.69) is 23.6 Å². The number of ether oxygens (including phenoxy) is 1. The van der Waals surface area contributed by atoms with E-state index in [4.69, 9.17) is 4.74 Å². The monoisotopic (exact) mass is 641 g/mol. The molecule has 0 aliphatic carbocycles. The van der Waals surface area contributed by atoms with Crippen LogP contribution in [0.25, 0.3) is 11.1 Å². The molecule has 2 amide bonds. The molecule has 0 spiro atoms. The van der Waals surface area contributed by atoms with Crippen LogP contribution in [-0.2, 0) is 22.5 Å². The van der Waals surface area contributed by atoms with Gasteiger partial charge in [-0.05, 0) is 5.56 Å². The molecule has 1 aliphatic rings. The number of rotatable bonds is 10. The van der Waals surface area contributed by atoms with Crippen molar-refractivity contribution in [2.45, 2.75) is 38.3 Å². The molecule has 7 nitrogen and oxygen atoms in total. The first-order chi connectivity index (χ1) is 18.9. The van der Waals surface area contributed by atoms with Crippen molar-refractivity contribution in [3.05, 3.63) is 89.5 Å². The Bertz CT molecular complexity index is 1260. The summed E-state index contributed by atoms with van der Waals surface area (Å²) >= 11 is -1.10. The van der Waals surface area contributed by atoms with E-state index in [1.807, 2.05) is 60.7 Å². The predicted molar refractivity (Wildman–Crippen MR) is 164 cm³/mol. The Labute approximate surface area is 238 Å². The Kier molecular flexibility index (Phi) is 10.5. The van der Waals surface area contributed by atoms with Crippen LogP contribution in [0.4, 0.5) is 10.5 Å². The van der Waals surface area contributed by atoms with Gasteiger partial charge in [0.25, 0.3) is 0 Å². The molecule has 1 heterocycles. The van der Waals surface area contributed by atoms with E-state index in [-0.39, 0.29) is 12.0 Å². The normalized spacial score (nSPS) is 15.7. The topological polar surface area (TPSA) is 87.7 Å². The number of carbonyl (C=O) groups excluding carboxylic acids is 3. The van der Waals surface area contributed by atoms with E-state index in [0.29, 0.717) is 30.6 Å². The first-order valence-corrected chi connectivity index (χ1v) is 18.4. The molecule has 39 heavy (non-hydrogen) atoms. The molecular weight excluding hydrogens is 605 g/mol. The molecule has 2 N–H and O–H groups in total. The number of hydrogen-bond acceptors (Lipinski definition) is 5. The van der Waals surface area contributed by atoms with Crippen LogP contribution in [0.2, 0.25) is 0 Å². The summed E-state index contributed by atoms with van der Waals surface area (Å²) in [5.74, 6) is -0.0634. The van der Waals surface area contributed by atoms with Crippen LogP contribution in [-0.4, -0.2) is 50.5 Å². The van der Waals surface area contributed by atoms with Gasteiger partial charge in [0.2, 0.25) is 0 Å². The molecule has 1 saturated heterocycles. The van der Waals surface area contributed by atoms with Crippen LogP contribution < -0.4 is 10.6 Å². The van der Waals surface area contributed by atoms with Gasteiger partial charge in [0, 0.05) is 12.1 Å². The minimum absolute atomic E-state index is 0.0634. The number of piperidine rings is 1. The summed E-state index contributed by atoms with van der Waals surface area (Å²) in [6.45, 7) is 2.31. The maximum atomic E-state index is 13.0. The van der Waals surface area contributed by atoms with Crippen LogP contribution >= 0.6 is 20.1 Å². The average molecular weight is 642 g/mol. The minimum atomic E-state index is -1.10. The predicted octanol–water partition coefficient (Wildman–Crippen LogP) is 6.11. The van der Waals surface area contributed by atoms with Gasteiger partial charge in [-0.15, -0.1) is 0 Å². The molecule has 206 valence electrons. The second-order valence-electron chi connectivity index (χ2n) is 9.76. The van der Waals surface area contributed by atoms with Crippen molar-refractivity contribution in [2.75, 3.05) is 28.3 Å². The van der Waals surface area contributed by atoms with E-state index in [1.165, 1.54) is 0 Å². The van der Waals surface area contributed by atoms with Gasteiger partial charge in [-0.3, -0.25) is 9.59 Å². The Balaban J connectivity index is 1.39. The van der Waals surface area contributed by atoms with Crippen LogP contribution in [0, 0.1) is 0 Å². The Morgan fingerprint density at radius 3 is 2.49 bits per heavy atom. The van der Waals surface area contributed by atoms with Crippen molar-refractivity contribution in [3.8, 4) is 11.1 Å². The molecule has 0 aromatic heterocycles. The number of amides is 2. The first kappa shape index (κ1) is 28.8. The summed E-state index contributed by atoms with van der Waals surface area (Å²) in [7, 11) is 0. The van der Waals surface area contributed by atoms with Gasteiger partial charge in [-0.25, -0.2) is 0 Å². The summed E-state index contributed by atoms with van der Waals surface area (Å²) in [4.78, 5) is 40.9. The zero-order chi connectivity index (χ0) is 27.6. The number of nitrogens with zero attached hydrogens (tertiary/aromatic N) is 1. The third-order valence-corrected chi connectivity index (χ3v) is 10.3. The van der Waals surface area contributed by atoms with Crippen molar-refractivity contribution in [2.24, 2.45) is 0 Å². The van der Waals surface area contributed by atoms with Gasteiger partial charge in [-0.2, -0.15) is 0 Å². The number of anilines is 1. The van der Waals surface area contributed by atoms with Crippen LogP contribution in [0.1, 0.15) is 40.7 Å². The first-order valence-electron chi connectivity index (χ1n) is 13.1. The molecule has 8 heteroatoms. The summed E-state index contributed by atoms with van der Waals surface area (Å²) in [6.07, 6.45) is 3.04. The van der Waals surface area contributed by atoms with Gasteiger partial charge >= 0.3 is 176 Å². The number of benzene rings is 3. The van der Waals surface area contributed by atoms with E-state index < -0.39 is 26.2 Å². The molecule has 3 aromatic rings. The van der Waals surface area contributed by atoms with Gasteiger partial charge in [-0.1, -0.05) is 24.3 Å². The molecule has 1 fully saturated rings.